The van der Waals surface area contributed by atoms with Crippen LogP contribution in [0.25, 0.3) is 0 Å². The van der Waals surface area contributed by atoms with E-state index in [0.717, 1.165) is 17.9 Å². The van der Waals surface area contributed by atoms with Crippen molar-refractivity contribution in [2.45, 2.75) is 12.8 Å². The molecule has 1 heterocycles. The molecule has 6 nitrogen and oxygen atoms in total. The molecular formula is C15H13NO5. The Balaban J connectivity index is 2.15. The Morgan fingerprint density at radius 2 is 1.90 bits per heavy atom. The molecule has 108 valence electrons. The molecule has 0 aliphatic heterocycles. The van der Waals surface area contributed by atoms with Gasteiger partial charge in [-0.05, 0) is 24.1 Å². The maximum absolute atomic E-state index is 12.0. The first kappa shape index (κ1) is 14.5. The normalized spacial score (nSPS) is 10.1. The monoisotopic (exact) mass is 287 g/mol. The summed E-state index contributed by atoms with van der Waals surface area (Å²) in [6, 6.07) is 9.48. The van der Waals surface area contributed by atoms with Crippen LogP contribution in [0.5, 0.6) is 0 Å². The molecule has 1 aromatic heterocycles. The number of para-hydroxylation sites is 1. The van der Waals surface area contributed by atoms with Crippen molar-refractivity contribution in [2.75, 3.05) is 5.32 Å². The number of hydrogen-bond acceptors (Lipinski definition) is 4. The Morgan fingerprint density at radius 3 is 2.57 bits per heavy atom. The molecule has 0 fully saturated rings. The van der Waals surface area contributed by atoms with E-state index in [9.17, 15) is 14.4 Å². The van der Waals surface area contributed by atoms with Crippen LogP contribution in [0.15, 0.2) is 51.9 Å². The molecule has 0 aliphatic rings. The van der Waals surface area contributed by atoms with Crippen LogP contribution in [0.1, 0.15) is 22.3 Å². The molecule has 2 aromatic rings. The zero-order valence-corrected chi connectivity index (χ0v) is 11.0. The van der Waals surface area contributed by atoms with E-state index < -0.39 is 17.5 Å². The summed E-state index contributed by atoms with van der Waals surface area (Å²) in [5, 5.41) is 11.4. The number of carboxylic acids is 1. The van der Waals surface area contributed by atoms with Gasteiger partial charge in [0, 0.05) is 18.2 Å². The number of carbonyl (C=O) groups excluding carboxylic acids is 1. The van der Waals surface area contributed by atoms with E-state index in [1.165, 1.54) is 6.07 Å². The molecule has 0 saturated heterocycles. The SMILES string of the molecule is O=C(O)CCc1ccccc1NC(=O)c1ccc(=O)oc1. The minimum atomic E-state index is -0.902. The van der Waals surface area contributed by atoms with Gasteiger partial charge in [0.2, 0.25) is 0 Å². The van der Waals surface area contributed by atoms with Gasteiger partial charge in [0.1, 0.15) is 6.26 Å². The largest absolute Gasteiger partial charge is 0.481 e. The van der Waals surface area contributed by atoms with E-state index in [2.05, 4.69) is 9.73 Å². The minimum absolute atomic E-state index is 0.0207. The molecule has 21 heavy (non-hydrogen) atoms. The number of aryl methyl sites for hydroxylation is 1. The predicted molar refractivity (Wildman–Crippen MR) is 75.3 cm³/mol. The Kier molecular flexibility index (Phi) is 4.50. The third-order valence-electron chi connectivity index (χ3n) is 2.84. The first-order chi connectivity index (χ1) is 10.1. The summed E-state index contributed by atoms with van der Waals surface area (Å²) in [7, 11) is 0. The maximum atomic E-state index is 12.0. The quantitative estimate of drug-likeness (QED) is 0.875. The van der Waals surface area contributed by atoms with Crippen LogP contribution in [0, 0.1) is 0 Å². The highest BCUT2D eigenvalue weighted by atomic mass is 16.4. The zero-order valence-electron chi connectivity index (χ0n) is 11.0. The van der Waals surface area contributed by atoms with Gasteiger partial charge in [0.15, 0.2) is 0 Å². The van der Waals surface area contributed by atoms with Crippen molar-refractivity contribution in [1.82, 2.24) is 0 Å². The lowest BCUT2D eigenvalue weighted by molar-refractivity contribution is -0.136. The van der Waals surface area contributed by atoms with Crippen LogP contribution < -0.4 is 10.9 Å². The number of amides is 1. The molecule has 0 radical (unpaired) electrons. The van der Waals surface area contributed by atoms with Gasteiger partial charge in [0.25, 0.3) is 5.91 Å². The Hall–Kier alpha value is -2.89. The van der Waals surface area contributed by atoms with Gasteiger partial charge in [-0.1, -0.05) is 18.2 Å². The summed E-state index contributed by atoms with van der Waals surface area (Å²) >= 11 is 0. The van der Waals surface area contributed by atoms with Crippen LogP contribution in [0.2, 0.25) is 0 Å². The summed E-state index contributed by atoms with van der Waals surface area (Å²) < 4.78 is 4.63. The first-order valence-electron chi connectivity index (χ1n) is 6.26. The molecular weight excluding hydrogens is 274 g/mol. The molecule has 0 bridgehead atoms. The minimum Gasteiger partial charge on any atom is -0.481 e. The molecule has 1 amide bonds. The predicted octanol–water partition coefficient (Wildman–Crippen LogP) is 1.91. The second-order valence-corrected chi connectivity index (χ2v) is 4.35. The highest BCUT2D eigenvalue weighted by Gasteiger charge is 2.10. The summed E-state index contributed by atoms with van der Waals surface area (Å²) in [5.74, 6) is -1.33. The third-order valence-corrected chi connectivity index (χ3v) is 2.84. The number of carboxylic acid groups (broad SMARTS) is 1. The molecule has 0 unspecified atom stereocenters. The number of anilines is 1. The molecule has 2 N–H and O–H groups in total. The lowest BCUT2D eigenvalue weighted by Gasteiger charge is -2.10. The van der Waals surface area contributed by atoms with Gasteiger partial charge in [-0.2, -0.15) is 0 Å². The summed E-state index contributed by atoms with van der Waals surface area (Å²) in [5.41, 5.74) is 0.941. The molecule has 2 rings (SSSR count). The Labute approximate surface area is 120 Å². The van der Waals surface area contributed by atoms with E-state index in [-0.39, 0.29) is 12.0 Å². The standard InChI is InChI=1S/C15H13NO5/c17-13(18)7-5-10-3-1-2-4-12(10)16-15(20)11-6-8-14(19)21-9-11/h1-4,6,8-9H,5,7H2,(H,16,20)(H,17,18). The van der Waals surface area contributed by atoms with Crippen molar-refractivity contribution in [2.24, 2.45) is 0 Å². The van der Waals surface area contributed by atoms with Crippen molar-refractivity contribution in [3.05, 3.63) is 64.2 Å². The molecule has 1 aromatic carbocycles. The van der Waals surface area contributed by atoms with Crippen LogP contribution in [0.3, 0.4) is 0 Å². The zero-order chi connectivity index (χ0) is 15.2. The number of aliphatic carboxylic acids is 1. The van der Waals surface area contributed by atoms with E-state index in [0.29, 0.717) is 12.1 Å². The molecule has 0 aliphatic carbocycles. The third kappa shape index (κ3) is 4.04. The van der Waals surface area contributed by atoms with E-state index in [1.807, 2.05) is 0 Å². The summed E-state index contributed by atoms with van der Waals surface area (Å²) in [6.45, 7) is 0. The van der Waals surface area contributed by atoms with Gasteiger partial charge >= 0.3 is 11.6 Å². The number of benzene rings is 1. The number of carbonyl (C=O) groups is 2. The van der Waals surface area contributed by atoms with E-state index in [1.54, 1.807) is 24.3 Å². The number of rotatable bonds is 5. The molecule has 0 saturated carbocycles. The average molecular weight is 287 g/mol. The van der Waals surface area contributed by atoms with Crippen molar-refractivity contribution in [1.29, 1.82) is 0 Å². The smallest absolute Gasteiger partial charge is 0.335 e. The van der Waals surface area contributed by atoms with Crippen LogP contribution >= 0.6 is 0 Å². The van der Waals surface area contributed by atoms with Crippen LogP contribution in [-0.2, 0) is 11.2 Å². The van der Waals surface area contributed by atoms with Crippen molar-refractivity contribution >= 4 is 17.6 Å². The van der Waals surface area contributed by atoms with Gasteiger partial charge in [0.05, 0.1) is 5.56 Å². The van der Waals surface area contributed by atoms with Gasteiger partial charge in [-0.15, -0.1) is 0 Å². The van der Waals surface area contributed by atoms with E-state index in [4.69, 9.17) is 5.11 Å². The summed E-state index contributed by atoms with van der Waals surface area (Å²) in [4.78, 5) is 33.5. The molecule has 0 atom stereocenters. The number of nitrogens with one attached hydrogen (secondary N) is 1. The van der Waals surface area contributed by atoms with Gasteiger partial charge < -0.3 is 14.8 Å². The topological polar surface area (TPSA) is 96.6 Å². The van der Waals surface area contributed by atoms with Crippen molar-refractivity contribution < 1.29 is 19.1 Å². The lowest BCUT2D eigenvalue weighted by atomic mass is 10.1. The van der Waals surface area contributed by atoms with Crippen molar-refractivity contribution in [3.8, 4) is 0 Å². The molecule has 6 heteroatoms. The van der Waals surface area contributed by atoms with Crippen molar-refractivity contribution in [3.63, 3.8) is 0 Å². The fourth-order valence-electron chi connectivity index (χ4n) is 1.78. The van der Waals surface area contributed by atoms with Crippen LogP contribution in [-0.4, -0.2) is 17.0 Å². The Morgan fingerprint density at radius 1 is 1.14 bits per heavy atom. The molecule has 0 spiro atoms. The number of hydrogen-bond donors (Lipinski definition) is 2. The van der Waals surface area contributed by atoms with E-state index >= 15 is 0 Å². The van der Waals surface area contributed by atoms with Crippen LogP contribution in [0.4, 0.5) is 5.69 Å². The second kappa shape index (κ2) is 6.51. The fraction of sp³-hybridized carbons (Fsp3) is 0.133. The fourth-order valence-corrected chi connectivity index (χ4v) is 1.78. The lowest BCUT2D eigenvalue weighted by Crippen LogP contribution is -2.14. The van der Waals surface area contributed by atoms with Gasteiger partial charge in [-0.3, -0.25) is 9.59 Å². The highest BCUT2D eigenvalue weighted by Crippen LogP contribution is 2.17. The van der Waals surface area contributed by atoms with Gasteiger partial charge in [-0.25, -0.2) is 4.79 Å². The highest BCUT2D eigenvalue weighted by molar-refractivity contribution is 6.04. The Bertz CT molecular complexity index is 700. The second-order valence-electron chi connectivity index (χ2n) is 4.35. The maximum Gasteiger partial charge on any atom is 0.335 e. The average Bonchev–Trinajstić information content (AvgIpc) is 2.47. The summed E-state index contributed by atoms with van der Waals surface area (Å²) in [6.07, 6.45) is 1.38. The first-order valence-corrected chi connectivity index (χ1v) is 6.26.